The average molecular weight is 376 g/mol. The minimum Gasteiger partial charge on any atom is -0.506 e. The summed E-state index contributed by atoms with van der Waals surface area (Å²) in [6, 6.07) is 6.78. The summed E-state index contributed by atoms with van der Waals surface area (Å²) in [4.78, 5) is 6.29. The number of nitrogens with zero attached hydrogens (tertiary/aromatic N) is 2. The van der Waals surface area contributed by atoms with Gasteiger partial charge in [0.2, 0.25) is 0 Å². The number of pyridine rings is 1. The van der Waals surface area contributed by atoms with Crippen molar-refractivity contribution < 1.29 is 23.7 Å². The highest BCUT2D eigenvalue weighted by atomic mass is 19.2. The number of rotatable bonds is 5. The van der Waals surface area contributed by atoms with Crippen LogP contribution in [0.3, 0.4) is 0 Å². The number of fused-ring (bicyclic) bond motifs is 1. The smallest absolute Gasteiger partial charge is 0.162 e. The van der Waals surface area contributed by atoms with Gasteiger partial charge < -0.3 is 14.9 Å². The summed E-state index contributed by atoms with van der Waals surface area (Å²) >= 11 is 0. The van der Waals surface area contributed by atoms with Crippen LogP contribution >= 0.6 is 0 Å². The van der Waals surface area contributed by atoms with Gasteiger partial charge in [-0.3, -0.25) is 9.88 Å². The molecular formula is C20H22F2N2O3. The highest BCUT2D eigenvalue weighted by Gasteiger charge is 2.42. The van der Waals surface area contributed by atoms with E-state index in [2.05, 4.69) is 9.88 Å². The number of β-amino-alcohol motifs (C(OH)–C–C–N with tert-alkyl or cyclic N) is 1. The Morgan fingerprint density at radius 2 is 1.85 bits per heavy atom. The fourth-order valence-corrected chi connectivity index (χ4v) is 4.26. The standard InChI is InChI=1S/C20H22F2N2O3/c21-17-3-2-15(7-18(17)22)27-16-5-12-9-24(10-13(12)6-16)11-20(26)19-4-1-14(25)8-23-19/h1-4,7-8,12-13,16,20,25-26H,5-6,9-11H2. The SMILES string of the molecule is Oc1ccc(C(O)CN2CC3CC(Oc4ccc(F)c(F)c4)CC3C2)nc1. The fraction of sp³-hybridized carbons (Fsp3) is 0.450. The lowest BCUT2D eigenvalue weighted by Crippen LogP contribution is -2.29. The molecule has 0 amide bonds. The molecule has 1 saturated carbocycles. The lowest BCUT2D eigenvalue weighted by molar-refractivity contribution is 0.113. The van der Waals surface area contributed by atoms with Gasteiger partial charge in [-0.25, -0.2) is 8.78 Å². The Morgan fingerprint density at radius 1 is 1.11 bits per heavy atom. The van der Waals surface area contributed by atoms with Gasteiger partial charge >= 0.3 is 0 Å². The maximum Gasteiger partial charge on any atom is 0.162 e. The van der Waals surface area contributed by atoms with Crippen LogP contribution in [0.15, 0.2) is 36.5 Å². The summed E-state index contributed by atoms with van der Waals surface area (Å²) in [5.41, 5.74) is 0.546. The van der Waals surface area contributed by atoms with Gasteiger partial charge in [0.1, 0.15) is 17.6 Å². The molecule has 2 heterocycles. The first-order chi connectivity index (χ1) is 13.0. The van der Waals surface area contributed by atoms with E-state index in [1.165, 1.54) is 18.3 Å². The van der Waals surface area contributed by atoms with Crippen molar-refractivity contribution in [1.29, 1.82) is 0 Å². The van der Waals surface area contributed by atoms with E-state index in [-0.39, 0.29) is 11.9 Å². The molecule has 0 bridgehead atoms. The summed E-state index contributed by atoms with van der Waals surface area (Å²) in [5.74, 6) is -0.379. The zero-order valence-corrected chi connectivity index (χ0v) is 14.8. The van der Waals surface area contributed by atoms with Crippen LogP contribution in [-0.4, -0.2) is 45.8 Å². The second-order valence-electron chi connectivity index (χ2n) is 7.48. The van der Waals surface area contributed by atoms with Crippen LogP contribution in [0.4, 0.5) is 8.78 Å². The minimum absolute atomic E-state index is 0.00991. The Kier molecular flexibility index (Phi) is 4.97. The van der Waals surface area contributed by atoms with E-state index in [0.717, 1.165) is 38.1 Å². The van der Waals surface area contributed by atoms with Gasteiger partial charge in [0.05, 0.1) is 18.0 Å². The molecule has 1 saturated heterocycles. The average Bonchev–Trinajstić information content (AvgIpc) is 3.16. The molecule has 3 atom stereocenters. The van der Waals surface area contributed by atoms with Crippen LogP contribution in [0.1, 0.15) is 24.6 Å². The van der Waals surface area contributed by atoms with E-state index in [9.17, 15) is 19.0 Å². The number of ether oxygens (including phenoxy) is 1. The molecule has 5 nitrogen and oxygen atoms in total. The fourth-order valence-electron chi connectivity index (χ4n) is 4.26. The first-order valence-electron chi connectivity index (χ1n) is 9.15. The van der Waals surface area contributed by atoms with Crippen molar-refractivity contribution in [3.05, 3.63) is 53.9 Å². The summed E-state index contributed by atoms with van der Waals surface area (Å²) in [7, 11) is 0. The van der Waals surface area contributed by atoms with Crippen molar-refractivity contribution in [2.24, 2.45) is 11.8 Å². The predicted molar refractivity (Wildman–Crippen MR) is 94.3 cm³/mol. The molecule has 1 aromatic carbocycles. The summed E-state index contributed by atoms with van der Waals surface area (Å²) in [6.45, 7) is 2.24. The van der Waals surface area contributed by atoms with Crippen LogP contribution in [0.2, 0.25) is 0 Å². The zero-order chi connectivity index (χ0) is 19.0. The van der Waals surface area contributed by atoms with Gasteiger partial charge in [-0.1, -0.05) is 0 Å². The Morgan fingerprint density at radius 3 is 2.48 bits per heavy atom. The molecule has 2 aliphatic rings. The highest BCUT2D eigenvalue weighted by molar-refractivity contribution is 5.24. The monoisotopic (exact) mass is 376 g/mol. The molecule has 2 aromatic rings. The number of aliphatic hydroxyl groups excluding tert-OH is 1. The Hall–Kier alpha value is -2.25. The molecule has 27 heavy (non-hydrogen) atoms. The van der Waals surface area contributed by atoms with Crippen molar-refractivity contribution in [2.75, 3.05) is 19.6 Å². The molecule has 7 heteroatoms. The lowest BCUT2D eigenvalue weighted by atomic mass is 10.0. The quantitative estimate of drug-likeness (QED) is 0.840. The number of likely N-dealkylation sites (tertiary alicyclic amines) is 1. The first kappa shape index (κ1) is 18.1. The third-order valence-corrected chi connectivity index (χ3v) is 5.52. The molecule has 2 fully saturated rings. The number of benzene rings is 1. The largest absolute Gasteiger partial charge is 0.506 e. The van der Waals surface area contributed by atoms with Gasteiger partial charge in [-0.15, -0.1) is 0 Å². The first-order valence-corrected chi connectivity index (χ1v) is 9.15. The number of aromatic nitrogens is 1. The lowest BCUT2D eigenvalue weighted by Gasteiger charge is -2.22. The van der Waals surface area contributed by atoms with E-state index >= 15 is 0 Å². The van der Waals surface area contributed by atoms with E-state index in [0.29, 0.717) is 29.8 Å². The van der Waals surface area contributed by atoms with Crippen molar-refractivity contribution >= 4 is 0 Å². The Bertz CT molecular complexity index is 788. The third-order valence-electron chi connectivity index (χ3n) is 5.52. The van der Waals surface area contributed by atoms with Gasteiger partial charge in [-0.05, 0) is 48.9 Å². The molecule has 1 aromatic heterocycles. The molecule has 1 aliphatic carbocycles. The number of hydrogen-bond acceptors (Lipinski definition) is 5. The van der Waals surface area contributed by atoms with E-state index in [1.54, 1.807) is 6.07 Å². The normalized spacial score (nSPS) is 26.1. The third kappa shape index (κ3) is 4.04. The van der Waals surface area contributed by atoms with Crippen LogP contribution in [0.5, 0.6) is 11.5 Å². The van der Waals surface area contributed by atoms with Crippen molar-refractivity contribution in [3.8, 4) is 11.5 Å². The van der Waals surface area contributed by atoms with Crippen molar-refractivity contribution in [2.45, 2.75) is 25.0 Å². The van der Waals surface area contributed by atoms with E-state index in [4.69, 9.17) is 4.74 Å². The van der Waals surface area contributed by atoms with E-state index < -0.39 is 17.7 Å². The highest BCUT2D eigenvalue weighted by Crippen LogP contribution is 2.40. The maximum absolute atomic E-state index is 13.3. The minimum atomic E-state index is -0.895. The summed E-state index contributed by atoms with van der Waals surface area (Å²) in [5, 5.41) is 19.6. The van der Waals surface area contributed by atoms with Crippen molar-refractivity contribution in [1.82, 2.24) is 9.88 Å². The number of aliphatic hydroxyl groups is 1. The van der Waals surface area contributed by atoms with Crippen LogP contribution in [0, 0.1) is 23.5 Å². The van der Waals surface area contributed by atoms with Gasteiger partial charge in [0.25, 0.3) is 0 Å². The van der Waals surface area contributed by atoms with Crippen molar-refractivity contribution in [3.63, 3.8) is 0 Å². The van der Waals surface area contributed by atoms with Gasteiger partial charge in [0, 0.05) is 25.7 Å². The number of hydrogen-bond donors (Lipinski definition) is 2. The predicted octanol–water partition coefficient (Wildman–Crippen LogP) is 2.89. The second kappa shape index (κ2) is 7.40. The topological polar surface area (TPSA) is 65.8 Å². The Labute approximate surface area is 156 Å². The van der Waals surface area contributed by atoms with E-state index in [1.807, 2.05) is 0 Å². The van der Waals surface area contributed by atoms with Crippen LogP contribution in [-0.2, 0) is 0 Å². The summed E-state index contributed by atoms with van der Waals surface area (Å²) < 4.78 is 32.2. The van der Waals surface area contributed by atoms with Crippen LogP contribution < -0.4 is 4.74 Å². The molecule has 0 spiro atoms. The number of halogens is 2. The van der Waals surface area contributed by atoms with Gasteiger partial charge in [0.15, 0.2) is 11.6 Å². The molecular weight excluding hydrogens is 354 g/mol. The maximum atomic E-state index is 13.3. The second-order valence-corrected chi connectivity index (χ2v) is 7.48. The Balaban J connectivity index is 1.29. The number of aromatic hydroxyl groups is 1. The van der Waals surface area contributed by atoms with Gasteiger partial charge in [-0.2, -0.15) is 0 Å². The summed E-state index contributed by atoms with van der Waals surface area (Å²) in [6.07, 6.45) is 2.38. The molecule has 0 radical (unpaired) electrons. The van der Waals surface area contributed by atoms with Crippen LogP contribution in [0.25, 0.3) is 0 Å². The molecule has 144 valence electrons. The molecule has 3 unspecified atom stereocenters. The molecule has 2 N–H and O–H groups in total. The zero-order valence-electron chi connectivity index (χ0n) is 14.8. The molecule has 4 rings (SSSR count). The molecule has 1 aliphatic heterocycles.